The van der Waals surface area contributed by atoms with E-state index in [1.807, 2.05) is 24.3 Å². The van der Waals surface area contributed by atoms with Crippen molar-refractivity contribution in [2.24, 2.45) is 0 Å². The first-order chi connectivity index (χ1) is 13.6. The number of furan rings is 1. The maximum absolute atomic E-state index is 12.2. The van der Waals surface area contributed by atoms with Crippen LogP contribution in [-0.2, 0) is 32.5 Å². The highest BCUT2D eigenvalue weighted by molar-refractivity contribution is 7.89. The van der Waals surface area contributed by atoms with Crippen molar-refractivity contribution in [2.45, 2.75) is 31.7 Å². The summed E-state index contributed by atoms with van der Waals surface area (Å²) in [4.78, 5) is 25.7. The van der Waals surface area contributed by atoms with Crippen molar-refractivity contribution >= 4 is 21.9 Å². The Morgan fingerprint density at radius 2 is 1.66 bits per heavy atom. The third-order valence-electron chi connectivity index (χ3n) is 4.44. The first-order valence-electron chi connectivity index (χ1n) is 9.08. The number of aryl methyl sites for hydroxylation is 2. The zero-order valence-electron chi connectivity index (χ0n) is 17.3. The first-order valence-corrected chi connectivity index (χ1v) is 10.5. The Hall–Kier alpha value is -2.65. The Balaban J connectivity index is 1.96. The van der Waals surface area contributed by atoms with Crippen LogP contribution in [0.3, 0.4) is 0 Å². The number of carbonyl (C=O) groups is 2. The van der Waals surface area contributed by atoms with Crippen LogP contribution in [-0.4, -0.2) is 57.2 Å². The van der Waals surface area contributed by atoms with E-state index in [0.717, 1.165) is 22.4 Å². The average Bonchev–Trinajstić information content (AvgIpc) is 3.08. The summed E-state index contributed by atoms with van der Waals surface area (Å²) in [6.45, 7) is 3.41. The summed E-state index contributed by atoms with van der Waals surface area (Å²) < 4.78 is 35.7. The average molecular weight is 423 g/mol. The molecule has 2 rings (SSSR count). The van der Waals surface area contributed by atoms with Gasteiger partial charge in [0.15, 0.2) is 6.61 Å². The molecule has 0 saturated carbocycles. The predicted molar refractivity (Wildman–Crippen MR) is 107 cm³/mol. The van der Waals surface area contributed by atoms with Crippen molar-refractivity contribution in [1.82, 2.24) is 9.21 Å². The van der Waals surface area contributed by atoms with Crippen LogP contribution in [0.25, 0.3) is 0 Å². The summed E-state index contributed by atoms with van der Waals surface area (Å²) in [6, 6.07) is 9.02. The summed E-state index contributed by atoms with van der Waals surface area (Å²) in [5.74, 6) is -1.48. The highest BCUT2D eigenvalue weighted by atomic mass is 32.2. The minimum absolute atomic E-state index is 0.0737. The van der Waals surface area contributed by atoms with E-state index in [1.165, 1.54) is 31.5 Å². The van der Waals surface area contributed by atoms with Crippen LogP contribution in [0.15, 0.2) is 39.6 Å². The summed E-state index contributed by atoms with van der Waals surface area (Å²) in [5.41, 5.74) is 2.17. The molecule has 1 amide bonds. The van der Waals surface area contributed by atoms with Crippen LogP contribution in [0.5, 0.6) is 0 Å². The molecule has 0 saturated heterocycles. The molecule has 0 radical (unpaired) electrons. The molecule has 0 aliphatic rings. The third-order valence-corrected chi connectivity index (χ3v) is 6.36. The fourth-order valence-electron chi connectivity index (χ4n) is 2.57. The second kappa shape index (κ2) is 9.23. The number of esters is 1. The second-order valence-electron chi connectivity index (χ2n) is 6.81. The smallest absolute Gasteiger partial charge is 0.374 e. The summed E-state index contributed by atoms with van der Waals surface area (Å²) >= 11 is 0. The zero-order valence-corrected chi connectivity index (χ0v) is 18.1. The quantitative estimate of drug-likeness (QED) is 0.605. The highest BCUT2D eigenvalue weighted by Gasteiger charge is 2.27. The van der Waals surface area contributed by atoms with Crippen LogP contribution in [0.2, 0.25) is 0 Å². The molecule has 1 aromatic heterocycles. The van der Waals surface area contributed by atoms with E-state index in [-0.39, 0.29) is 22.3 Å². The molecule has 0 fully saturated rings. The number of sulfonamides is 1. The summed E-state index contributed by atoms with van der Waals surface area (Å²) in [5, 5.41) is 0. The van der Waals surface area contributed by atoms with Crippen molar-refractivity contribution in [1.29, 1.82) is 0 Å². The molecule has 1 aromatic carbocycles. The molecular weight excluding hydrogens is 396 g/mol. The highest BCUT2D eigenvalue weighted by Crippen LogP contribution is 2.22. The third kappa shape index (κ3) is 5.45. The molecule has 0 N–H and O–H groups in total. The number of ether oxygens (including phenoxy) is 1. The Morgan fingerprint density at radius 1 is 1.07 bits per heavy atom. The van der Waals surface area contributed by atoms with Gasteiger partial charge in [0.2, 0.25) is 15.8 Å². The van der Waals surface area contributed by atoms with E-state index in [2.05, 4.69) is 6.92 Å². The van der Waals surface area contributed by atoms with Crippen molar-refractivity contribution < 1.29 is 27.2 Å². The van der Waals surface area contributed by atoms with Crippen molar-refractivity contribution in [3.05, 3.63) is 53.0 Å². The van der Waals surface area contributed by atoms with E-state index in [1.54, 1.807) is 7.05 Å². The Bertz CT molecular complexity index is 977. The van der Waals surface area contributed by atoms with Crippen molar-refractivity contribution in [3.63, 3.8) is 0 Å². The van der Waals surface area contributed by atoms with Gasteiger partial charge in [-0.15, -0.1) is 0 Å². The van der Waals surface area contributed by atoms with Gasteiger partial charge in [0.05, 0.1) is 0 Å². The lowest BCUT2D eigenvalue weighted by atomic mass is 10.1. The van der Waals surface area contributed by atoms with Crippen molar-refractivity contribution in [2.75, 3.05) is 27.7 Å². The van der Waals surface area contributed by atoms with Gasteiger partial charge in [-0.25, -0.2) is 17.5 Å². The van der Waals surface area contributed by atoms with Gasteiger partial charge in [-0.3, -0.25) is 4.79 Å². The van der Waals surface area contributed by atoms with Gasteiger partial charge in [-0.2, -0.15) is 0 Å². The maximum atomic E-state index is 12.2. The normalized spacial score (nSPS) is 11.5. The number of carbonyl (C=O) groups excluding carboxylic acids is 2. The van der Waals surface area contributed by atoms with E-state index in [9.17, 15) is 18.0 Å². The van der Waals surface area contributed by atoms with E-state index in [4.69, 9.17) is 9.15 Å². The van der Waals surface area contributed by atoms with Gasteiger partial charge in [0, 0.05) is 33.8 Å². The minimum Gasteiger partial charge on any atom is -0.453 e. The maximum Gasteiger partial charge on any atom is 0.374 e. The molecule has 1 heterocycles. The molecule has 9 heteroatoms. The molecule has 0 unspecified atom stereocenters. The number of likely N-dealkylation sites (N-methyl/N-ethyl adjacent to an activating group) is 1. The van der Waals surface area contributed by atoms with Gasteiger partial charge in [0.25, 0.3) is 5.91 Å². The lowest BCUT2D eigenvalue weighted by Gasteiger charge is -2.17. The number of amides is 1. The van der Waals surface area contributed by atoms with Crippen LogP contribution in [0, 0.1) is 6.92 Å². The fraction of sp³-hybridized carbons (Fsp3) is 0.400. The van der Waals surface area contributed by atoms with E-state index < -0.39 is 22.6 Å². The number of hydrogen-bond acceptors (Lipinski definition) is 6. The number of benzene rings is 1. The molecule has 0 aliphatic carbocycles. The fourth-order valence-corrected chi connectivity index (χ4v) is 3.62. The van der Waals surface area contributed by atoms with Gasteiger partial charge in [-0.1, -0.05) is 31.2 Å². The Kier molecular flexibility index (Phi) is 7.21. The van der Waals surface area contributed by atoms with Gasteiger partial charge >= 0.3 is 5.97 Å². The first kappa shape index (κ1) is 22.6. The number of rotatable bonds is 8. The molecule has 0 spiro atoms. The van der Waals surface area contributed by atoms with Crippen LogP contribution >= 0.6 is 0 Å². The largest absolute Gasteiger partial charge is 0.453 e. The molecule has 158 valence electrons. The SMILES string of the molecule is CCc1ccc(CN(C)C(=O)COC(=O)c2cc(S(=O)(=O)N(C)C)c(C)o2)cc1. The van der Waals surface area contributed by atoms with Crippen LogP contribution < -0.4 is 0 Å². The molecule has 0 atom stereocenters. The lowest BCUT2D eigenvalue weighted by molar-refractivity contribution is -0.133. The molecule has 0 aliphatic heterocycles. The Morgan fingerprint density at radius 3 is 2.21 bits per heavy atom. The molecule has 29 heavy (non-hydrogen) atoms. The van der Waals surface area contributed by atoms with Gasteiger partial charge in [-0.05, 0) is 24.5 Å². The molecular formula is C20H26N2O6S. The zero-order chi connectivity index (χ0) is 21.8. The number of hydrogen-bond donors (Lipinski definition) is 0. The second-order valence-corrected chi connectivity index (χ2v) is 8.93. The minimum atomic E-state index is -3.75. The molecule has 8 nitrogen and oxygen atoms in total. The molecule has 0 bridgehead atoms. The Labute approximate surface area is 171 Å². The van der Waals surface area contributed by atoms with Gasteiger partial charge < -0.3 is 14.1 Å². The molecule has 2 aromatic rings. The summed E-state index contributed by atoms with van der Waals surface area (Å²) in [6.07, 6.45) is 0.939. The summed E-state index contributed by atoms with van der Waals surface area (Å²) in [7, 11) is 0.624. The van der Waals surface area contributed by atoms with Crippen molar-refractivity contribution in [3.8, 4) is 0 Å². The topological polar surface area (TPSA) is 97.1 Å². The van der Waals surface area contributed by atoms with Crippen LogP contribution in [0.1, 0.15) is 34.4 Å². The van der Waals surface area contributed by atoms with E-state index >= 15 is 0 Å². The van der Waals surface area contributed by atoms with Crippen LogP contribution in [0.4, 0.5) is 0 Å². The monoisotopic (exact) mass is 422 g/mol. The van der Waals surface area contributed by atoms with E-state index in [0.29, 0.717) is 6.54 Å². The lowest BCUT2D eigenvalue weighted by Crippen LogP contribution is -2.30. The van der Waals surface area contributed by atoms with Gasteiger partial charge in [0.1, 0.15) is 10.7 Å². The number of nitrogens with zero attached hydrogens (tertiary/aromatic N) is 2. The predicted octanol–water partition coefficient (Wildman–Crippen LogP) is 2.22. The standard InChI is InChI=1S/C20H26N2O6S/c1-6-15-7-9-16(10-8-15)12-22(5)19(23)13-27-20(24)17-11-18(14(2)28-17)29(25,26)21(3)4/h7-11H,6,12-13H2,1-5H3.